The molecule has 4 rings (SSSR count). The fourth-order valence-corrected chi connectivity index (χ4v) is 3.45. The van der Waals surface area contributed by atoms with Gasteiger partial charge in [0.15, 0.2) is 0 Å². The van der Waals surface area contributed by atoms with Gasteiger partial charge in [-0.05, 0) is 31.0 Å². The van der Waals surface area contributed by atoms with Crippen LogP contribution in [0.5, 0.6) is 5.88 Å². The lowest BCUT2D eigenvalue weighted by Crippen LogP contribution is -2.44. The predicted molar refractivity (Wildman–Crippen MR) is 86.7 cm³/mol. The Morgan fingerprint density at radius 2 is 2.00 bits per heavy atom. The van der Waals surface area contributed by atoms with Crippen molar-refractivity contribution in [2.24, 2.45) is 0 Å². The van der Waals surface area contributed by atoms with E-state index >= 15 is 0 Å². The van der Waals surface area contributed by atoms with Gasteiger partial charge >= 0.3 is 0 Å². The average molecular weight is 325 g/mol. The summed E-state index contributed by atoms with van der Waals surface area (Å²) in [4.78, 5) is 23.1. The summed E-state index contributed by atoms with van der Waals surface area (Å²) in [5, 5.41) is 0. The third kappa shape index (κ3) is 2.85. The van der Waals surface area contributed by atoms with Crippen LogP contribution in [0.3, 0.4) is 0 Å². The Kier molecular flexibility index (Phi) is 4.13. The largest absolute Gasteiger partial charge is 0.470 e. The molecule has 2 fully saturated rings. The number of amides is 1. The van der Waals surface area contributed by atoms with Crippen molar-refractivity contribution in [2.75, 3.05) is 13.2 Å². The first kappa shape index (κ1) is 15.1. The molecule has 0 radical (unpaired) electrons. The second-order valence-electron chi connectivity index (χ2n) is 6.04. The molecular weight excluding hydrogens is 306 g/mol. The van der Waals surface area contributed by atoms with Gasteiger partial charge in [0.05, 0.1) is 12.6 Å². The van der Waals surface area contributed by atoms with Gasteiger partial charge in [-0.25, -0.2) is 4.98 Å². The van der Waals surface area contributed by atoms with E-state index in [9.17, 15) is 4.79 Å². The number of ether oxygens (including phenoxy) is 2. The molecule has 24 heavy (non-hydrogen) atoms. The molecule has 2 aromatic rings. The molecular formula is C18H19N3O3. The standard InChI is InChI=1S/C18H19N3O3/c22-18(13-6-1-3-9-19-13)21-12-15(17-14(21)7-5-11-23-17)24-16-8-2-4-10-20-16/h1-4,6,8-10,14-15,17H,5,7,11-12H2/t14-,15+,17+/m1/s1. The van der Waals surface area contributed by atoms with Crippen LogP contribution in [0.2, 0.25) is 0 Å². The summed E-state index contributed by atoms with van der Waals surface area (Å²) in [6, 6.07) is 11.0. The molecule has 0 aromatic carbocycles. The van der Waals surface area contributed by atoms with Gasteiger partial charge in [0.2, 0.25) is 5.88 Å². The number of pyridine rings is 2. The van der Waals surface area contributed by atoms with Crippen molar-refractivity contribution >= 4 is 5.91 Å². The van der Waals surface area contributed by atoms with Gasteiger partial charge in [-0.2, -0.15) is 0 Å². The van der Waals surface area contributed by atoms with Crippen LogP contribution in [-0.4, -0.2) is 52.2 Å². The molecule has 0 N–H and O–H groups in total. The highest BCUT2D eigenvalue weighted by molar-refractivity contribution is 5.92. The number of fused-ring (bicyclic) bond motifs is 1. The van der Waals surface area contributed by atoms with Crippen LogP contribution in [0.15, 0.2) is 48.8 Å². The van der Waals surface area contributed by atoms with Gasteiger partial charge in [0, 0.05) is 25.1 Å². The van der Waals surface area contributed by atoms with E-state index in [2.05, 4.69) is 9.97 Å². The molecule has 2 saturated heterocycles. The summed E-state index contributed by atoms with van der Waals surface area (Å²) >= 11 is 0. The van der Waals surface area contributed by atoms with E-state index in [1.165, 1.54) is 0 Å². The van der Waals surface area contributed by atoms with Gasteiger partial charge in [-0.1, -0.05) is 12.1 Å². The molecule has 1 amide bonds. The smallest absolute Gasteiger partial charge is 0.272 e. The maximum Gasteiger partial charge on any atom is 0.272 e. The molecule has 0 bridgehead atoms. The highest BCUT2D eigenvalue weighted by Crippen LogP contribution is 2.32. The first-order valence-electron chi connectivity index (χ1n) is 8.24. The lowest BCUT2D eigenvalue weighted by atomic mass is 10.0. The van der Waals surface area contributed by atoms with E-state index in [1.54, 1.807) is 24.5 Å². The van der Waals surface area contributed by atoms with Gasteiger partial charge in [-0.15, -0.1) is 0 Å². The number of hydrogen-bond acceptors (Lipinski definition) is 5. The fraction of sp³-hybridized carbons (Fsp3) is 0.389. The highest BCUT2D eigenvalue weighted by Gasteiger charge is 2.47. The normalized spacial score (nSPS) is 26.0. The van der Waals surface area contributed by atoms with Crippen LogP contribution in [-0.2, 0) is 4.74 Å². The number of carbonyl (C=O) groups excluding carboxylic acids is 1. The lowest BCUT2D eigenvalue weighted by molar-refractivity contribution is -0.0455. The molecule has 4 heterocycles. The van der Waals surface area contributed by atoms with Crippen molar-refractivity contribution in [1.82, 2.24) is 14.9 Å². The Labute approximate surface area is 140 Å². The minimum absolute atomic E-state index is 0.0296. The summed E-state index contributed by atoms with van der Waals surface area (Å²) in [6.45, 7) is 1.19. The number of likely N-dealkylation sites (tertiary alicyclic amines) is 1. The number of aromatic nitrogens is 2. The maximum absolute atomic E-state index is 12.8. The molecule has 0 saturated carbocycles. The third-order valence-corrected chi connectivity index (χ3v) is 4.53. The van der Waals surface area contributed by atoms with Crippen LogP contribution in [0.4, 0.5) is 0 Å². The minimum Gasteiger partial charge on any atom is -0.470 e. The van der Waals surface area contributed by atoms with E-state index in [4.69, 9.17) is 9.47 Å². The first-order chi connectivity index (χ1) is 11.8. The second-order valence-corrected chi connectivity index (χ2v) is 6.04. The van der Waals surface area contributed by atoms with Crippen molar-refractivity contribution in [1.29, 1.82) is 0 Å². The zero-order chi connectivity index (χ0) is 16.4. The molecule has 0 unspecified atom stereocenters. The minimum atomic E-state index is -0.210. The Morgan fingerprint density at radius 1 is 1.17 bits per heavy atom. The van der Waals surface area contributed by atoms with Gasteiger partial charge in [-0.3, -0.25) is 9.78 Å². The van der Waals surface area contributed by atoms with Crippen molar-refractivity contribution in [3.63, 3.8) is 0 Å². The first-order valence-corrected chi connectivity index (χ1v) is 8.24. The van der Waals surface area contributed by atoms with Gasteiger partial charge in [0.25, 0.3) is 5.91 Å². The van der Waals surface area contributed by atoms with Crippen LogP contribution in [0.1, 0.15) is 23.3 Å². The van der Waals surface area contributed by atoms with Crippen molar-refractivity contribution in [3.05, 3.63) is 54.5 Å². The summed E-state index contributed by atoms with van der Waals surface area (Å²) < 4.78 is 11.9. The quantitative estimate of drug-likeness (QED) is 0.863. The summed E-state index contributed by atoms with van der Waals surface area (Å²) in [6.07, 6.45) is 4.88. The molecule has 6 heteroatoms. The Balaban J connectivity index is 1.56. The van der Waals surface area contributed by atoms with E-state index in [0.29, 0.717) is 24.7 Å². The third-order valence-electron chi connectivity index (χ3n) is 4.53. The van der Waals surface area contributed by atoms with Gasteiger partial charge < -0.3 is 14.4 Å². The van der Waals surface area contributed by atoms with E-state index in [1.807, 2.05) is 29.2 Å². The lowest BCUT2D eigenvalue weighted by Gasteiger charge is -2.31. The molecule has 124 valence electrons. The zero-order valence-electron chi connectivity index (χ0n) is 13.2. The number of rotatable bonds is 3. The highest BCUT2D eigenvalue weighted by atomic mass is 16.5. The van der Waals surface area contributed by atoms with Crippen LogP contribution < -0.4 is 4.74 Å². The number of nitrogens with zero attached hydrogens (tertiary/aromatic N) is 3. The molecule has 2 aliphatic rings. The summed E-state index contributed by atoms with van der Waals surface area (Å²) in [5.41, 5.74) is 0.459. The van der Waals surface area contributed by atoms with Crippen LogP contribution in [0, 0.1) is 0 Å². The molecule has 0 aliphatic carbocycles. The number of carbonyl (C=O) groups is 1. The Hall–Kier alpha value is -2.47. The van der Waals surface area contributed by atoms with E-state index in [0.717, 1.165) is 12.8 Å². The van der Waals surface area contributed by atoms with Crippen molar-refractivity contribution < 1.29 is 14.3 Å². The van der Waals surface area contributed by atoms with E-state index in [-0.39, 0.29) is 24.2 Å². The van der Waals surface area contributed by atoms with Crippen molar-refractivity contribution in [3.8, 4) is 5.88 Å². The Morgan fingerprint density at radius 3 is 2.75 bits per heavy atom. The SMILES string of the molecule is O=C(c1ccccn1)N1C[C@H](Oc2ccccn2)[C@H]2OCCC[C@H]21. The molecule has 3 atom stereocenters. The molecule has 6 nitrogen and oxygen atoms in total. The number of hydrogen-bond donors (Lipinski definition) is 0. The van der Waals surface area contributed by atoms with Gasteiger partial charge in [0.1, 0.15) is 17.9 Å². The topological polar surface area (TPSA) is 64.6 Å². The monoisotopic (exact) mass is 325 g/mol. The predicted octanol–water partition coefficient (Wildman–Crippen LogP) is 1.93. The van der Waals surface area contributed by atoms with Crippen LogP contribution in [0.25, 0.3) is 0 Å². The molecule has 0 spiro atoms. The fourth-order valence-electron chi connectivity index (χ4n) is 3.45. The summed E-state index contributed by atoms with van der Waals surface area (Å²) in [7, 11) is 0. The average Bonchev–Trinajstić information content (AvgIpc) is 3.01. The zero-order valence-corrected chi connectivity index (χ0v) is 13.2. The van der Waals surface area contributed by atoms with E-state index < -0.39 is 0 Å². The van der Waals surface area contributed by atoms with Crippen molar-refractivity contribution in [2.45, 2.75) is 31.1 Å². The van der Waals surface area contributed by atoms with Crippen LogP contribution >= 0.6 is 0 Å². The maximum atomic E-state index is 12.8. The summed E-state index contributed by atoms with van der Waals surface area (Å²) in [5.74, 6) is 0.491. The Bertz CT molecular complexity index is 695. The second kappa shape index (κ2) is 6.57. The molecule has 2 aliphatic heterocycles. The molecule has 2 aromatic heterocycles.